The van der Waals surface area contributed by atoms with Gasteiger partial charge in [-0.3, -0.25) is 4.79 Å². The molecule has 0 N–H and O–H groups in total. The Labute approximate surface area is 126 Å². The Morgan fingerprint density at radius 3 is 1.95 bits per heavy atom. The van der Waals surface area contributed by atoms with Crippen LogP contribution in [0.5, 0.6) is 11.5 Å². The topological polar surface area (TPSA) is 35.5 Å². The largest absolute Gasteiger partial charge is 0.497 e. The summed E-state index contributed by atoms with van der Waals surface area (Å²) in [5.41, 5.74) is 2.20. The van der Waals surface area contributed by atoms with Crippen LogP contribution in [-0.4, -0.2) is 20.0 Å². The number of benzene rings is 2. The van der Waals surface area contributed by atoms with Gasteiger partial charge in [0.05, 0.1) is 14.2 Å². The first-order chi connectivity index (χ1) is 9.53. The van der Waals surface area contributed by atoms with Gasteiger partial charge in [-0.15, -0.1) is 0 Å². The average Bonchev–Trinajstić information content (AvgIpc) is 2.44. The van der Waals surface area contributed by atoms with Crippen molar-refractivity contribution in [3.8, 4) is 11.5 Å². The van der Waals surface area contributed by atoms with Gasteiger partial charge in [-0.1, -0.05) is 15.9 Å². The fourth-order valence-corrected chi connectivity index (χ4v) is 2.58. The van der Waals surface area contributed by atoms with E-state index in [0.717, 1.165) is 10.0 Å². The van der Waals surface area contributed by atoms with Gasteiger partial charge in [0.15, 0.2) is 5.78 Å². The molecule has 0 aliphatic heterocycles. The predicted molar refractivity (Wildman–Crippen MR) is 81.9 cm³/mol. The smallest absolute Gasteiger partial charge is 0.193 e. The number of ether oxygens (including phenoxy) is 2. The molecule has 2 rings (SSSR count). The molecule has 0 saturated heterocycles. The summed E-state index contributed by atoms with van der Waals surface area (Å²) in [5, 5.41) is 0. The molecule has 4 heteroatoms. The lowest BCUT2D eigenvalue weighted by Crippen LogP contribution is -2.03. The molecule has 0 aliphatic carbocycles. The quantitative estimate of drug-likeness (QED) is 0.792. The van der Waals surface area contributed by atoms with Gasteiger partial charge in [-0.2, -0.15) is 0 Å². The third-order valence-corrected chi connectivity index (χ3v) is 3.38. The highest BCUT2D eigenvalue weighted by atomic mass is 79.9. The van der Waals surface area contributed by atoms with Crippen LogP contribution in [0.1, 0.15) is 21.5 Å². The molecule has 0 heterocycles. The van der Waals surface area contributed by atoms with Crippen molar-refractivity contribution in [1.82, 2.24) is 0 Å². The zero-order valence-corrected chi connectivity index (χ0v) is 13.2. The summed E-state index contributed by atoms with van der Waals surface area (Å²) < 4.78 is 11.3. The first kappa shape index (κ1) is 14.6. The van der Waals surface area contributed by atoms with Crippen molar-refractivity contribution < 1.29 is 14.3 Å². The highest BCUT2D eigenvalue weighted by Crippen LogP contribution is 2.25. The molecule has 0 spiro atoms. The molecule has 0 saturated carbocycles. The van der Waals surface area contributed by atoms with E-state index >= 15 is 0 Å². The number of carbonyl (C=O) groups excluding carboxylic acids is 1. The molecule has 0 aliphatic rings. The number of ketones is 1. The SMILES string of the molecule is COc1cc(OC)cc(C(=O)c2cc(C)cc(Br)c2)c1. The average molecular weight is 335 g/mol. The third kappa shape index (κ3) is 3.20. The Kier molecular flexibility index (Phi) is 4.45. The van der Waals surface area contributed by atoms with E-state index < -0.39 is 0 Å². The van der Waals surface area contributed by atoms with E-state index in [9.17, 15) is 4.79 Å². The van der Waals surface area contributed by atoms with Crippen LogP contribution in [0.2, 0.25) is 0 Å². The van der Waals surface area contributed by atoms with Crippen LogP contribution in [0, 0.1) is 6.92 Å². The monoisotopic (exact) mass is 334 g/mol. The molecule has 0 bridgehead atoms. The Morgan fingerprint density at radius 1 is 0.900 bits per heavy atom. The Balaban J connectivity index is 2.47. The molecule has 0 radical (unpaired) electrons. The summed E-state index contributed by atoms with van der Waals surface area (Å²) in [4.78, 5) is 12.6. The summed E-state index contributed by atoms with van der Waals surface area (Å²) in [7, 11) is 3.12. The standard InChI is InChI=1S/C16H15BrO3/c1-10-4-11(6-13(17)5-10)16(18)12-7-14(19-2)9-15(8-12)20-3/h4-9H,1-3H3. The predicted octanol–water partition coefficient (Wildman–Crippen LogP) is 4.01. The van der Waals surface area contributed by atoms with Gasteiger partial charge in [-0.25, -0.2) is 0 Å². The maximum atomic E-state index is 12.6. The Morgan fingerprint density at radius 2 is 1.45 bits per heavy atom. The van der Waals surface area contributed by atoms with Crippen LogP contribution >= 0.6 is 15.9 Å². The highest BCUT2D eigenvalue weighted by molar-refractivity contribution is 9.10. The fourth-order valence-electron chi connectivity index (χ4n) is 1.97. The number of rotatable bonds is 4. The van der Waals surface area contributed by atoms with E-state index in [-0.39, 0.29) is 5.78 Å². The summed E-state index contributed by atoms with van der Waals surface area (Å²) >= 11 is 3.41. The van der Waals surface area contributed by atoms with Crippen LogP contribution in [0.4, 0.5) is 0 Å². The minimum Gasteiger partial charge on any atom is -0.497 e. The van der Waals surface area contributed by atoms with Gasteiger partial charge in [0.1, 0.15) is 11.5 Å². The number of aryl methyl sites for hydroxylation is 1. The van der Waals surface area contributed by atoms with E-state index in [0.29, 0.717) is 22.6 Å². The van der Waals surface area contributed by atoms with Crippen molar-refractivity contribution in [2.75, 3.05) is 14.2 Å². The molecule has 20 heavy (non-hydrogen) atoms. The van der Waals surface area contributed by atoms with Gasteiger partial charge in [-0.05, 0) is 42.8 Å². The van der Waals surface area contributed by atoms with Gasteiger partial charge in [0.25, 0.3) is 0 Å². The molecule has 2 aromatic carbocycles. The van der Waals surface area contributed by atoms with Gasteiger partial charge < -0.3 is 9.47 Å². The van der Waals surface area contributed by atoms with Crippen molar-refractivity contribution in [3.63, 3.8) is 0 Å². The van der Waals surface area contributed by atoms with Crippen molar-refractivity contribution >= 4 is 21.7 Å². The van der Waals surface area contributed by atoms with Crippen molar-refractivity contribution in [2.45, 2.75) is 6.92 Å². The summed E-state index contributed by atoms with van der Waals surface area (Å²) in [6.45, 7) is 1.95. The molecular formula is C16H15BrO3. The van der Waals surface area contributed by atoms with Gasteiger partial charge in [0, 0.05) is 21.7 Å². The van der Waals surface area contributed by atoms with E-state index in [1.807, 2.05) is 19.1 Å². The fraction of sp³-hybridized carbons (Fsp3) is 0.188. The number of halogens is 1. The maximum Gasteiger partial charge on any atom is 0.193 e. The zero-order chi connectivity index (χ0) is 14.7. The second kappa shape index (κ2) is 6.09. The van der Waals surface area contributed by atoms with Crippen molar-refractivity contribution in [2.24, 2.45) is 0 Å². The lowest BCUT2D eigenvalue weighted by atomic mass is 10.0. The lowest BCUT2D eigenvalue weighted by molar-refractivity contribution is 0.103. The first-order valence-corrected chi connectivity index (χ1v) is 6.87. The number of carbonyl (C=O) groups is 1. The van der Waals surface area contributed by atoms with Crippen molar-refractivity contribution in [3.05, 3.63) is 57.6 Å². The molecule has 0 atom stereocenters. The highest BCUT2D eigenvalue weighted by Gasteiger charge is 2.13. The maximum absolute atomic E-state index is 12.6. The van der Waals surface area contributed by atoms with Crippen LogP contribution in [-0.2, 0) is 0 Å². The lowest BCUT2D eigenvalue weighted by Gasteiger charge is -2.08. The van der Waals surface area contributed by atoms with Crippen LogP contribution in [0.3, 0.4) is 0 Å². The van der Waals surface area contributed by atoms with E-state index in [1.165, 1.54) is 0 Å². The van der Waals surface area contributed by atoms with Crippen LogP contribution in [0.25, 0.3) is 0 Å². The first-order valence-electron chi connectivity index (χ1n) is 6.08. The normalized spacial score (nSPS) is 10.2. The molecule has 0 fully saturated rings. The number of methoxy groups -OCH3 is 2. The molecule has 0 aromatic heterocycles. The molecule has 2 aromatic rings. The molecule has 0 amide bonds. The van der Waals surface area contributed by atoms with E-state index in [1.54, 1.807) is 38.5 Å². The Bertz CT molecular complexity index is 608. The second-order valence-corrected chi connectivity index (χ2v) is 5.36. The summed E-state index contributed by atoms with van der Waals surface area (Å²) in [5.74, 6) is 1.13. The molecule has 0 unspecified atom stereocenters. The van der Waals surface area contributed by atoms with Crippen molar-refractivity contribution in [1.29, 1.82) is 0 Å². The summed E-state index contributed by atoms with van der Waals surface area (Å²) in [6.07, 6.45) is 0. The van der Waals surface area contributed by atoms with E-state index in [2.05, 4.69) is 15.9 Å². The van der Waals surface area contributed by atoms with Crippen LogP contribution in [0.15, 0.2) is 40.9 Å². The van der Waals surface area contributed by atoms with Gasteiger partial charge in [0.2, 0.25) is 0 Å². The summed E-state index contributed by atoms with van der Waals surface area (Å²) in [6, 6.07) is 10.8. The zero-order valence-electron chi connectivity index (χ0n) is 11.6. The van der Waals surface area contributed by atoms with Gasteiger partial charge >= 0.3 is 0 Å². The van der Waals surface area contributed by atoms with E-state index in [4.69, 9.17) is 9.47 Å². The number of hydrogen-bond donors (Lipinski definition) is 0. The number of hydrogen-bond acceptors (Lipinski definition) is 3. The molecular weight excluding hydrogens is 320 g/mol. The molecule has 3 nitrogen and oxygen atoms in total. The van der Waals surface area contributed by atoms with Crippen LogP contribution < -0.4 is 9.47 Å². The minimum absolute atomic E-state index is 0.0633. The molecule has 104 valence electrons. The minimum atomic E-state index is -0.0633. The Hall–Kier alpha value is -1.81. The second-order valence-electron chi connectivity index (χ2n) is 4.45. The third-order valence-electron chi connectivity index (χ3n) is 2.92.